The highest BCUT2D eigenvalue weighted by Crippen LogP contribution is 2.20. The van der Waals surface area contributed by atoms with E-state index in [0.717, 1.165) is 0 Å². The minimum Gasteiger partial charge on any atom is -0.311 e. The smallest absolute Gasteiger partial charge is 0.311 e. The van der Waals surface area contributed by atoms with Crippen molar-refractivity contribution in [2.75, 3.05) is 5.32 Å². The molecule has 0 saturated carbocycles. The van der Waals surface area contributed by atoms with Gasteiger partial charge in [0.05, 0.1) is 10.7 Å². The van der Waals surface area contributed by atoms with Gasteiger partial charge in [0, 0.05) is 0 Å². The van der Waals surface area contributed by atoms with E-state index in [1.165, 1.54) is 0 Å². The molecule has 11 heavy (non-hydrogen) atoms. The number of para-hydroxylation sites is 1. The van der Waals surface area contributed by atoms with Gasteiger partial charge in [0.25, 0.3) is 0 Å². The lowest BCUT2D eigenvalue weighted by molar-refractivity contribution is 0.269. The quantitative estimate of drug-likeness (QED) is 0.534. The summed E-state index contributed by atoms with van der Waals surface area (Å²) in [6.45, 7) is 0. The molecule has 0 aromatic heterocycles. The number of rotatable bonds is 1. The van der Waals surface area contributed by atoms with E-state index in [0.29, 0.717) is 10.7 Å². The molecule has 1 N–H and O–H groups in total. The fourth-order valence-corrected chi connectivity index (χ4v) is 0.953. The van der Waals surface area contributed by atoms with Gasteiger partial charge >= 0.3 is 5.37 Å². The molecule has 0 aliphatic rings. The molecule has 0 saturated heterocycles. The van der Waals surface area contributed by atoms with Crippen LogP contribution >= 0.6 is 23.2 Å². The van der Waals surface area contributed by atoms with Gasteiger partial charge in [-0.1, -0.05) is 23.7 Å². The molecule has 1 amide bonds. The lowest BCUT2D eigenvalue weighted by Crippen LogP contribution is -2.00. The number of halogens is 2. The predicted molar refractivity (Wildman–Crippen MR) is 46.3 cm³/mol. The van der Waals surface area contributed by atoms with E-state index in [1.54, 1.807) is 24.3 Å². The summed E-state index contributed by atoms with van der Waals surface area (Å²) in [6.07, 6.45) is 0. The van der Waals surface area contributed by atoms with Crippen LogP contribution in [0.5, 0.6) is 0 Å². The van der Waals surface area contributed by atoms with Crippen LogP contribution in [0.1, 0.15) is 0 Å². The van der Waals surface area contributed by atoms with Crippen LogP contribution in [0, 0.1) is 0 Å². The highest BCUT2D eigenvalue weighted by molar-refractivity contribution is 6.66. The normalized spacial score (nSPS) is 9.27. The number of carbonyl (C=O) groups excluding carboxylic acids is 1. The van der Waals surface area contributed by atoms with E-state index in [1.807, 2.05) is 0 Å². The van der Waals surface area contributed by atoms with Gasteiger partial charge < -0.3 is 5.32 Å². The highest BCUT2D eigenvalue weighted by atomic mass is 35.5. The second kappa shape index (κ2) is 3.60. The number of anilines is 1. The first-order valence-corrected chi connectivity index (χ1v) is 3.67. The molecule has 0 bridgehead atoms. The van der Waals surface area contributed by atoms with Crippen molar-refractivity contribution in [3.05, 3.63) is 29.3 Å². The largest absolute Gasteiger partial charge is 0.318 e. The molecule has 1 aromatic carbocycles. The number of amides is 1. The molecular weight excluding hydrogens is 185 g/mol. The van der Waals surface area contributed by atoms with Crippen LogP contribution in [0.3, 0.4) is 0 Å². The first-order chi connectivity index (χ1) is 5.20. The van der Waals surface area contributed by atoms with Gasteiger partial charge in [0.15, 0.2) is 0 Å². The van der Waals surface area contributed by atoms with Crippen LogP contribution in [0.4, 0.5) is 10.5 Å². The topological polar surface area (TPSA) is 29.1 Å². The van der Waals surface area contributed by atoms with Crippen LogP contribution in [-0.2, 0) is 0 Å². The minimum atomic E-state index is -0.641. The van der Waals surface area contributed by atoms with Gasteiger partial charge in [-0.25, -0.2) is 0 Å². The summed E-state index contributed by atoms with van der Waals surface area (Å²) >= 11 is 10.8. The van der Waals surface area contributed by atoms with Gasteiger partial charge in [-0.05, 0) is 23.7 Å². The Morgan fingerprint density at radius 3 is 2.55 bits per heavy atom. The zero-order chi connectivity index (χ0) is 8.27. The molecule has 0 aliphatic carbocycles. The van der Waals surface area contributed by atoms with Crippen molar-refractivity contribution < 1.29 is 4.79 Å². The standard InChI is InChI=1S/C7H5Cl2NO/c8-5-3-1-2-4-6(5)10-7(9)11/h1-4H,(H,10,11). The van der Waals surface area contributed by atoms with E-state index in [-0.39, 0.29) is 0 Å². The van der Waals surface area contributed by atoms with E-state index >= 15 is 0 Å². The van der Waals surface area contributed by atoms with Crippen LogP contribution in [0.15, 0.2) is 24.3 Å². The molecular formula is C7H5Cl2NO. The second-order valence-electron chi connectivity index (χ2n) is 1.88. The Morgan fingerprint density at radius 1 is 1.36 bits per heavy atom. The van der Waals surface area contributed by atoms with E-state index < -0.39 is 5.37 Å². The third-order valence-corrected chi connectivity index (χ3v) is 1.53. The van der Waals surface area contributed by atoms with Crippen LogP contribution in [0.25, 0.3) is 0 Å². The average molecular weight is 190 g/mol. The van der Waals surface area contributed by atoms with Crippen molar-refractivity contribution in [1.29, 1.82) is 0 Å². The van der Waals surface area contributed by atoms with Crippen molar-refractivity contribution in [3.63, 3.8) is 0 Å². The van der Waals surface area contributed by atoms with Crippen molar-refractivity contribution in [3.8, 4) is 0 Å². The summed E-state index contributed by atoms with van der Waals surface area (Å²) in [6, 6.07) is 6.87. The molecule has 0 aliphatic heterocycles. The first kappa shape index (κ1) is 8.37. The van der Waals surface area contributed by atoms with Crippen molar-refractivity contribution in [1.82, 2.24) is 0 Å². The Labute approximate surface area is 74.1 Å². The Morgan fingerprint density at radius 2 is 2.00 bits per heavy atom. The maximum atomic E-state index is 10.4. The third-order valence-electron chi connectivity index (χ3n) is 1.11. The SMILES string of the molecule is O=C(Cl)Nc1ccccc1Cl. The van der Waals surface area contributed by atoms with E-state index in [4.69, 9.17) is 23.2 Å². The van der Waals surface area contributed by atoms with E-state index in [2.05, 4.69) is 5.32 Å². The van der Waals surface area contributed by atoms with Gasteiger partial charge in [-0.2, -0.15) is 0 Å². The van der Waals surface area contributed by atoms with Crippen molar-refractivity contribution in [2.24, 2.45) is 0 Å². The maximum Gasteiger partial charge on any atom is 0.318 e. The molecule has 4 heteroatoms. The Hall–Kier alpha value is -0.730. The summed E-state index contributed by atoms with van der Waals surface area (Å²) in [5.41, 5.74) is 0.522. The Balaban J connectivity index is 2.86. The summed E-state index contributed by atoms with van der Waals surface area (Å²) in [5, 5.41) is 2.20. The summed E-state index contributed by atoms with van der Waals surface area (Å²) < 4.78 is 0. The Bertz CT molecular complexity index is 275. The summed E-state index contributed by atoms with van der Waals surface area (Å²) in [7, 11) is 0. The van der Waals surface area contributed by atoms with Crippen LogP contribution in [-0.4, -0.2) is 5.37 Å². The second-order valence-corrected chi connectivity index (χ2v) is 2.63. The lowest BCUT2D eigenvalue weighted by atomic mass is 10.3. The molecule has 2 nitrogen and oxygen atoms in total. The number of hydrogen-bond acceptors (Lipinski definition) is 1. The molecule has 0 radical (unpaired) electrons. The molecule has 1 aromatic rings. The van der Waals surface area contributed by atoms with Crippen LogP contribution < -0.4 is 5.32 Å². The number of carbonyl (C=O) groups is 1. The van der Waals surface area contributed by atoms with Gasteiger partial charge in [-0.15, -0.1) is 0 Å². The fraction of sp³-hybridized carbons (Fsp3) is 0. The highest BCUT2D eigenvalue weighted by Gasteiger charge is 1.99. The lowest BCUT2D eigenvalue weighted by Gasteiger charge is -2.00. The summed E-state index contributed by atoms with van der Waals surface area (Å²) in [4.78, 5) is 10.4. The molecule has 0 unspecified atom stereocenters. The number of nitrogens with one attached hydrogen (secondary N) is 1. The molecule has 0 spiro atoms. The molecule has 0 atom stereocenters. The van der Waals surface area contributed by atoms with Crippen molar-refractivity contribution >= 4 is 34.3 Å². The fourth-order valence-electron chi connectivity index (χ4n) is 0.668. The zero-order valence-electron chi connectivity index (χ0n) is 5.47. The van der Waals surface area contributed by atoms with Gasteiger partial charge in [-0.3, -0.25) is 4.79 Å². The average Bonchev–Trinajstić information content (AvgIpc) is 1.93. The van der Waals surface area contributed by atoms with Crippen LogP contribution in [0.2, 0.25) is 5.02 Å². The molecule has 58 valence electrons. The van der Waals surface area contributed by atoms with Gasteiger partial charge in [0.1, 0.15) is 0 Å². The van der Waals surface area contributed by atoms with Crippen molar-refractivity contribution in [2.45, 2.75) is 0 Å². The maximum absolute atomic E-state index is 10.4. The minimum absolute atomic E-state index is 0.474. The number of benzene rings is 1. The van der Waals surface area contributed by atoms with Gasteiger partial charge in [0.2, 0.25) is 0 Å². The molecule has 0 fully saturated rings. The predicted octanol–water partition coefficient (Wildman–Crippen LogP) is 3.11. The van der Waals surface area contributed by atoms with E-state index in [9.17, 15) is 4.79 Å². The zero-order valence-corrected chi connectivity index (χ0v) is 6.99. The summed E-state index contributed by atoms with van der Waals surface area (Å²) in [5.74, 6) is 0. The first-order valence-electron chi connectivity index (χ1n) is 2.91. The third kappa shape index (κ3) is 2.41. The molecule has 0 heterocycles. The number of hydrogen-bond donors (Lipinski definition) is 1. The Kier molecular flexibility index (Phi) is 2.74. The molecule has 1 rings (SSSR count). The monoisotopic (exact) mass is 189 g/mol.